The van der Waals surface area contributed by atoms with E-state index in [4.69, 9.17) is 4.99 Å². The molecule has 0 saturated carbocycles. The van der Waals surface area contributed by atoms with Crippen LogP contribution in [0, 0.1) is 20.8 Å². The number of benzene rings is 3. The van der Waals surface area contributed by atoms with Crippen LogP contribution in [0.4, 0.5) is 5.69 Å². The number of aromatic amines is 1. The fourth-order valence-electron chi connectivity index (χ4n) is 3.31. The molecule has 0 aliphatic rings. The molecule has 3 aromatic carbocycles. The van der Waals surface area contributed by atoms with Gasteiger partial charge in [0.2, 0.25) is 0 Å². The summed E-state index contributed by atoms with van der Waals surface area (Å²) >= 11 is 0. The lowest BCUT2D eigenvalue weighted by molar-refractivity contribution is 0.835. The van der Waals surface area contributed by atoms with Gasteiger partial charge in [0, 0.05) is 11.3 Å². The highest BCUT2D eigenvalue weighted by Crippen LogP contribution is 2.19. The van der Waals surface area contributed by atoms with Crippen molar-refractivity contribution < 1.29 is 0 Å². The maximum Gasteiger partial charge on any atom is 0.280 e. The number of aliphatic imine (C=N–C) groups is 1. The van der Waals surface area contributed by atoms with Crippen molar-refractivity contribution in [3.05, 3.63) is 117 Å². The van der Waals surface area contributed by atoms with Crippen LogP contribution in [0.3, 0.4) is 0 Å². The molecular weight excluding hydrogens is 358 g/mol. The van der Waals surface area contributed by atoms with Crippen LogP contribution in [0.15, 0.2) is 88.6 Å². The van der Waals surface area contributed by atoms with Crippen molar-refractivity contribution in [1.29, 1.82) is 0 Å². The lowest BCUT2D eigenvalue weighted by atomic mass is 10.0. The molecule has 0 spiro atoms. The minimum Gasteiger partial charge on any atom is -0.295 e. The summed E-state index contributed by atoms with van der Waals surface area (Å²) in [6.07, 6.45) is 0. The molecule has 144 valence electrons. The zero-order valence-electron chi connectivity index (χ0n) is 16.8. The zero-order chi connectivity index (χ0) is 20.4. The Morgan fingerprint density at radius 3 is 2.00 bits per heavy atom. The molecule has 4 nitrogen and oxygen atoms in total. The highest BCUT2D eigenvalue weighted by Gasteiger charge is 2.19. The number of rotatable bonds is 4. The molecule has 0 aliphatic heterocycles. The number of nitrogens with one attached hydrogen (secondary N) is 1. The van der Waals surface area contributed by atoms with E-state index in [1.54, 1.807) is 4.68 Å². The van der Waals surface area contributed by atoms with Crippen LogP contribution in [-0.4, -0.2) is 15.5 Å². The minimum absolute atomic E-state index is 0.110. The van der Waals surface area contributed by atoms with Gasteiger partial charge in [0.1, 0.15) is 0 Å². The fourth-order valence-corrected chi connectivity index (χ4v) is 3.31. The first kappa shape index (κ1) is 18.7. The summed E-state index contributed by atoms with van der Waals surface area (Å²) in [6.45, 7) is 5.98. The Morgan fingerprint density at radius 2 is 1.38 bits per heavy atom. The van der Waals surface area contributed by atoms with E-state index in [1.165, 1.54) is 5.56 Å². The van der Waals surface area contributed by atoms with E-state index in [0.29, 0.717) is 11.3 Å². The predicted molar refractivity (Wildman–Crippen MR) is 119 cm³/mol. The molecule has 0 radical (unpaired) electrons. The van der Waals surface area contributed by atoms with Crippen LogP contribution in [0.25, 0.3) is 5.69 Å². The normalized spacial score (nSPS) is 11.6. The van der Waals surface area contributed by atoms with Crippen LogP contribution in [0.5, 0.6) is 0 Å². The van der Waals surface area contributed by atoms with Gasteiger partial charge >= 0.3 is 0 Å². The molecule has 0 atom stereocenters. The van der Waals surface area contributed by atoms with E-state index in [-0.39, 0.29) is 5.56 Å². The average molecular weight is 381 g/mol. The molecule has 0 amide bonds. The maximum atomic E-state index is 13.4. The van der Waals surface area contributed by atoms with Crippen molar-refractivity contribution in [2.75, 3.05) is 0 Å². The van der Waals surface area contributed by atoms with Gasteiger partial charge in [0.25, 0.3) is 5.56 Å². The Balaban J connectivity index is 1.91. The summed E-state index contributed by atoms with van der Waals surface area (Å²) in [6, 6.07) is 25.7. The molecule has 0 unspecified atom stereocenters. The molecule has 0 bridgehead atoms. The van der Waals surface area contributed by atoms with Gasteiger partial charge < -0.3 is 0 Å². The van der Waals surface area contributed by atoms with E-state index < -0.39 is 0 Å². The minimum atomic E-state index is -0.110. The summed E-state index contributed by atoms with van der Waals surface area (Å²) in [5, 5.41) is 3.22. The summed E-state index contributed by atoms with van der Waals surface area (Å²) in [4.78, 5) is 18.3. The largest absolute Gasteiger partial charge is 0.295 e. The van der Waals surface area contributed by atoms with Crippen molar-refractivity contribution in [2.24, 2.45) is 4.99 Å². The number of hydrogen-bond acceptors (Lipinski definition) is 2. The number of aryl methyl sites for hydroxylation is 3. The summed E-state index contributed by atoms with van der Waals surface area (Å²) < 4.78 is 1.58. The quantitative estimate of drug-likeness (QED) is 0.482. The molecule has 4 rings (SSSR count). The van der Waals surface area contributed by atoms with Gasteiger partial charge in [0.15, 0.2) is 0 Å². The average Bonchev–Trinajstić information content (AvgIpc) is 3.03. The fraction of sp³-hybridized carbons (Fsp3) is 0.120. The summed E-state index contributed by atoms with van der Waals surface area (Å²) in [7, 11) is 0. The van der Waals surface area contributed by atoms with E-state index in [0.717, 1.165) is 28.2 Å². The van der Waals surface area contributed by atoms with E-state index in [1.807, 2.05) is 99.6 Å². The van der Waals surface area contributed by atoms with Gasteiger partial charge in [-0.1, -0.05) is 65.7 Å². The van der Waals surface area contributed by atoms with Crippen molar-refractivity contribution in [3.63, 3.8) is 0 Å². The Morgan fingerprint density at radius 1 is 0.793 bits per heavy atom. The van der Waals surface area contributed by atoms with Gasteiger partial charge in [-0.2, -0.15) is 0 Å². The highest BCUT2D eigenvalue weighted by atomic mass is 16.1. The number of nitrogens with zero attached hydrogens (tertiary/aromatic N) is 2. The predicted octanol–water partition coefficient (Wildman–Crippen LogP) is 5.26. The standard InChI is InChI=1S/C25H23N3O/c1-17-9-13-21(14-10-17)26-24(20-7-5-4-6-8-20)23-19(3)27-28(25(23)29)22-15-11-18(2)12-16-22/h4-16,27H,1-3H3. The topological polar surface area (TPSA) is 50.1 Å². The summed E-state index contributed by atoms with van der Waals surface area (Å²) in [5.74, 6) is 0. The molecule has 1 heterocycles. The Hall–Kier alpha value is -3.66. The Bertz CT molecular complexity index is 1210. The van der Waals surface area contributed by atoms with Crippen molar-refractivity contribution in [1.82, 2.24) is 9.78 Å². The van der Waals surface area contributed by atoms with E-state index in [2.05, 4.69) is 5.10 Å². The van der Waals surface area contributed by atoms with Crippen LogP contribution in [0.1, 0.15) is 27.9 Å². The molecule has 0 fully saturated rings. The molecule has 1 aromatic heterocycles. The molecule has 0 saturated heterocycles. The number of aromatic nitrogens is 2. The van der Waals surface area contributed by atoms with Gasteiger partial charge in [-0.25, -0.2) is 9.67 Å². The lowest BCUT2D eigenvalue weighted by Gasteiger charge is -2.06. The first-order valence-electron chi connectivity index (χ1n) is 9.63. The second-order valence-electron chi connectivity index (χ2n) is 7.25. The lowest BCUT2D eigenvalue weighted by Crippen LogP contribution is -2.21. The number of H-pyrrole nitrogens is 1. The molecule has 29 heavy (non-hydrogen) atoms. The van der Waals surface area contributed by atoms with Gasteiger partial charge in [-0.05, 0) is 45.0 Å². The third-order valence-corrected chi connectivity index (χ3v) is 4.92. The first-order valence-corrected chi connectivity index (χ1v) is 9.63. The van der Waals surface area contributed by atoms with Crippen LogP contribution in [0.2, 0.25) is 0 Å². The molecular formula is C25H23N3O. The monoisotopic (exact) mass is 381 g/mol. The van der Waals surface area contributed by atoms with Crippen molar-refractivity contribution >= 4 is 11.4 Å². The van der Waals surface area contributed by atoms with E-state index in [9.17, 15) is 4.79 Å². The second-order valence-corrected chi connectivity index (χ2v) is 7.25. The SMILES string of the molecule is Cc1ccc(N=C(c2ccccc2)c2c(C)[nH]n(-c3ccc(C)cc3)c2=O)cc1. The van der Waals surface area contributed by atoms with Gasteiger partial charge in [-0.15, -0.1) is 0 Å². The highest BCUT2D eigenvalue weighted by molar-refractivity contribution is 6.14. The van der Waals surface area contributed by atoms with Crippen molar-refractivity contribution in [2.45, 2.75) is 20.8 Å². The van der Waals surface area contributed by atoms with Crippen LogP contribution < -0.4 is 5.56 Å². The van der Waals surface area contributed by atoms with Crippen LogP contribution in [-0.2, 0) is 0 Å². The Labute approximate surface area is 170 Å². The third-order valence-electron chi connectivity index (χ3n) is 4.92. The smallest absolute Gasteiger partial charge is 0.280 e. The molecule has 1 N–H and O–H groups in total. The van der Waals surface area contributed by atoms with Gasteiger partial charge in [-0.3, -0.25) is 9.89 Å². The van der Waals surface area contributed by atoms with Crippen molar-refractivity contribution in [3.8, 4) is 5.69 Å². The second kappa shape index (κ2) is 7.76. The van der Waals surface area contributed by atoms with Crippen LogP contribution >= 0.6 is 0 Å². The molecule has 4 aromatic rings. The van der Waals surface area contributed by atoms with E-state index >= 15 is 0 Å². The third kappa shape index (κ3) is 3.83. The number of hydrogen-bond donors (Lipinski definition) is 1. The molecule has 0 aliphatic carbocycles. The van der Waals surface area contributed by atoms with Gasteiger partial charge in [0.05, 0.1) is 22.6 Å². The zero-order valence-corrected chi connectivity index (χ0v) is 16.8. The Kier molecular flexibility index (Phi) is 5.00. The first-order chi connectivity index (χ1) is 14.0. The maximum absolute atomic E-state index is 13.4. The summed E-state index contributed by atoms with van der Waals surface area (Å²) in [5.41, 5.74) is 6.76. The molecule has 4 heteroatoms.